The van der Waals surface area contributed by atoms with Crippen LogP contribution in [0.4, 0.5) is 19.0 Å². The molecule has 3 aromatic heterocycles. The Labute approximate surface area is 192 Å². The Hall–Kier alpha value is -4.21. The number of pyridine rings is 3. The van der Waals surface area contributed by atoms with Crippen LogP contribution in [-0.4, -0.2) is 25.8 Å². The molecule has 0 spiro atoms. The summed E-state index contributed by atoms with van der Waals surface area (Å²) < 4.78 is 38.7. The first kappa shape index (κ1) is 23.0. The van der Waals surface area contributed by atoms with Crippen LogP contribution >= 0.6 is 0 Å². The fourth-order valence-electron chi connectivity index (χ4n) is 3.48. The molecule has 0 unspecified atom stereocenters. The van der Waals surface area contributed by atoms with E-state index < -0.39 is 17.6 Å². The van der Waals surface area contributed by atoms with E-state index in [1.165, 1.54) is 17.2 Å². The number of aromatic nitrogens is 3. The van der Waals surface area contributed by atoms with Gasteiger partial charge in [0.2, 0.25) is 0 Å². The Balaban J connectivity index is 1.69. The predicted octanol–water partition coefficient (Wildman–Crippen LogP) is 4.07. The molecule has 4 aromatic rings. The molecule has 3 heterocycles. The molecule has 34 heavy (non-hydrogen) atoms. The van der Waals surface area contributed by atoms with E-state index >= 15 is 0 Å². The summed E-state index contributed by atoms with van der Waals surface area (Å²) in [4.78, 5) is 37.7. The van der Waals surface area contributed by atoms with Crippen molar-refractivity contribution in [3.8, 4) is 0 Å². The van der Waals surface area contributed by atoms with Crippen molar-refractivity contribution in [1.29, 1.82) is 0 Å². The van der Waals surface area contributed by atoms with Crippen molar-refractivity contribution in [2.75, 3.05) is 5.73 Å². The summed E-state index contributed by atoms with van der Waals surface area (Å²) in [6, 6.07) is 12.1. The van der Waals surface area contributed by atoms with Crippen LogP contribution in [-0.2, 0) is 19.3 Å². The summed E-state index contributed by atoms with van der Waals surface area (Å²) in [6.45, 7) is 1.65. The molecule has 174 valence electrons. The van der Waals surface area contributed by atoms with Crippen molar-refractivity contribution in [3.63, 3.8) is 0 Å². The lowest BCUT2D eigenvalue weighted by molar-refractivity contribution is -0.137. The van der Waals surface area contributed by atoms with Gasteiger partial charge in [-0.3, -0.25) is 14.6 Å². The molecule has 7 nitrogen and oxygen atoms in total. The van der Waals surface area contributed by atoms with Crippen LogP contribution in [0.5, 0.6) is 0 Å². The highest BCUT2D eigenvalue weighted by Crippen LogP contribution is 2.28. The minimum atomic E-state index is -4.51. The topological polar surface area (TPSA) is 105 Å². The zero-order chi connectivity index (χ0) is 24.5. The van der Waals surface area contributed by atoms with Gasteiger partial charge in [0.1, 0.15) is 5.82 Å². The zero-order valence-corrected chi connectivity index (χ0v) is 18.1. The number of nitrogens with zero attached hydrogens (tertiary/aromatic N) is 3. The molecule has 0 aliphatic rings. The van der Waals surface area contributed by atoms with Crippen molar-refractivity contribution in [2.24, 2.45) is 0 Å². The summed E-state index contributed by atoms with van der Waals surface area (Å²) in [5.41, 5.74) is 6.90. The number of alkyl halides is 3. The van der Waals surface area contributed by atoms with Crippen LogP contribution in [0.3, 0.4) is 0 Å². The van der Waals surface area contributed by atoms with E-state index in [-0.39, 0.29) is 24.3 Å². The highest BCUT2D eigenvalue weighted by molar-refractivity contribution is 5.98. The SMILES string of the molecule is Cc1cc2cc(C(=O)N(Cc3ccc(C(F)(F)F)cn3)Cc3ccc[nH]c3=O)ccc2nc1N. The van der Waals surface area contributed by atoms with Crippen LogP contribution in [0, 0.1) is 6.92 Å². The smallest absolute Gasteiger partial charge is 0.383 e. The van der Waals surface area contributed by atoms with Crippen molar-refractivity contribution < 1.29 is 18.0 Å². The van der Waals surface area contributed by atoms with Crippen molar-refractivity contribution in [2.45, 2.75) is 26.2 Å². The third-order valence-corrected chi connectivity index (χ3v) is 5.34. The zero-order valence-electron chi connectivity index (χ0n) is 18.1. The van der Waals surface area contributed by atoms with Gasteiger partial charge in [-0.2, -0.15) is 13.2 Å². The summed E-state index contributed by atoms with van der Waals surface area (Å²) in [6.07, 6.45) is -2.32. The number of aromatic amines is 1. The first-order valence-corrected chi connectivity index (χ1v) is 10.3. The molecule has 10 heteroatoms. The Bertz CT molecular complexity index is 1420. The molecule has 3 N–H and O–H groups in total. The van der Waals surface area contributed by atoms with Crippen molar-refractivity contribution in [1.82, 2.24) is 19.9 Å². The second kappa shape index (κ2) is 8.97. The molecular formula is C24H20F3N5O2. The van der Waals surface area contributed by atoms with Crippen LogP contribution in [0.1, 0.15) is 32.7 Å². The number of halogens is 3. The minimum absolute atomic E-state index is 0.0608. The second-order valence-corrected chi connectivity index (χ2v) is 7.82. The predicted molar refractivity (Wildman–Crippen MR) is 121 cm³/mol. The van der Waals surface area contributed by atoms with Gasteiger partial charge in [0.25, 0.3) is 11.5 Å². The monoisotopic (exact) mass is 467 g/mol. The number of benzene rings is 1. The second-order valence-electron chi connectivity index (χ2n) is 7.82. The van der Waals surface area contributed by atoms with E-state index in [9.17, 15) is 22.8 Å². The Kier molecular flexibility index (Phi) is 6.06. The third-order valence-electron chi connectivity index (χ3n) is 5.34. The van der Waals surface area contributed by atoms with Gasteiger partial charge in [-0.1, -0.05) is 6.07 Å². The Morgan fingerprint density at radius 2 is 1.91 bits per heavy atom. The van der Waals surface area contributed by atoms with Gasteiger partial charge in [-0.15, -0.1) is 0 Å². The number of carbonyl (C=O) groups is 1. The first-order chi connectivity index (χ1) is 16.1. The van der Waals surface area contributed by atoms with E-state index in [2.05, 4.69) is 15.0 Å². The maximum atomic E-state index is 13.4. The largest absolute Gasteiger partial charge is 0.417 e. The van der Waals surface area contributed by atoms with Crippen LogP contribution in [0.25, 0.3) is 10.9 Å². The Morgan fingerprint density at radius 1 is 1.12 bits per heavy atom. The normalized spacial score (nSPS) is 11.5. The molecule has 0 radical (unpaired) electrons. The van der Waals surface area contributed by atoms with E-state index in [0.29, 0.717) is 27.8 Å². The molecule has 0 aliphatic heterocycles. The number of nitrogens with one attached hydrogen (secondary N) is 1. The van der Waals surface area contributed by atoms with Gasteiger partial charge in [-0.25, -0.2) is 4.98 Å². The van der Waals surface area contributed by atoms with E-state index in [1.807, 2.05) is 6.07 Å². The average molecular weight is 467 g/mol. The summed E-state index contributed by atoms with van der Waals surface area (Å²) in [5, 5.41) is 0.711. The number of H-pyrrole nitrogens is 1. The van der Waals surface area contributed by atoms with E-state index in [0.717, 1.165) is 17.8 Å². The number of hydrogen-bond acceptors (Lipinski definition) is 5. The highest BCUT2D eigenvalue weighted by atomic mass is 19.4. The lowest BCUT2D eigenvalue weighted by Crippen LogP contribution is -2.32. The van der Waals surface area contributed by atoms with Crippen LogP contribution in [0.2, 0.25) is 0 Å². The number of carbonyl (C=O) groups excluding carboxylic acids is 1. The summed E-state index contributed by atoms with van der Waals surface area (Å²) in [7, 11) is 0. The molecule has 0 atom stereocenters. The molecule has 0 saturated carbocycles. The molecule has 0 bridgehead atoms. The van der Waals surface area contributed by atoms with Gasteiger partial charge in [0.05, 0.1) is 29.9 Å². The lowest BCUT2D eigenvalue weighted by atomic mass is 10.1. The maximum absolute atomic E-state index is 13.4. The molecule has 1 aromatic carbocycles. The van der Waals surface area contributed by atoms with Crippen molar-refractivity contribution in [3.05, 3.63) is 99.2 Å². The van der Waals surface area contributed by atoms with Crippen LogP contribution < -0.4 is 11.3 Å². The number of rotatable bonds is 5. The van der Waals surface area contributed by atoms with Gasteiger partial charge in [-0.05, 0) is 55.0 Å². The lowest BCUT2D eigenvalue weighted by Gasteiger charge is -2.23. The molecule has 1 amide bonds. The van der Waals surface area contributed by atoms with Gasteiger partial charge < -0.3 is 15.6 Å². The number of amides is 1. The molecular weight excluding hydrogens is 447 g/mol. The Morgan fingerprint density at radius 3 is 2.59 bits per heavy atom. The summed E-state index contributed by atoms with van der Waals surface area (Å²) >= 11 is 0. The minimum Gasteiger partial charge on any atom is -0.383 e. The molecule has 4 rings (SSSR count). The van der Waals surface area contributed by atoms with Gasteiger partial charge >= 0.3 is 6.18 Å². The highest BCUT2D eigenvalue weighted by Gasteiger charge is 2.30. The van der Waals surface area contributed by atoms with E-state index in [1.54, 1.807) is 37.3 Å². The van der Waals surface area contributed by atoms with Crippen molar-refractivity contribution >= 4 is 22.6 Å². The molecule has 0 saturated heterocycles. The van der Waals surface area contributed by atoms with Gasteiger partial charge in [0.15, 0.2) is 0 Å². The fraction of sp³-hybridized carbons (Fsp3) is 0.167. The molecule has 0 fully saturated rings. The fourth-order valence-corrected chi connectivity index (χ4v) is 3.48. The third kappa shape index (κ3) is 4.90. The number of nitrogen functional groups attached to an aromatic ring is 1. The maximum Gasteiger partial charge on any atom is 0.417 e. The number of fused-ring (bicyclic) bond motifs is 1. The first-order valence-electron chi connectivity index (χ1n) is 10.3. The van der Waals surface area contributed by atoms with E-state index in [4.69, 9.17) is 5.73 Å². The molecule has 0 aliphatic carbocycles. The number of aryl methyl sites for hydroxylation is 1. The van der Waals surface area contributed by atoms with Gasteiger partial charge in [0, 0.05) is 28.9 Å². The average Bonchev–Trinajstić information content (AvgIpc) is 2.80. The standard InChI is InChI=1S/C24H20F3N5O2/c1-14-9-17-10-15(4-7-20(17)31-21(14)28)23(34)32(12-16-3-2-8-29-22(16)33)13-19-6-5-18(11-30-19)24(25,26)27/h2-11H,12-13H2,1H3,(H2,28,31)(H,29,33). The quantitative estimate of drug-likeness (QED) is 0.460. The van der Waals surface area contributed by atoms with Crippen LogP contribution in [0.15, 0.2) is 65.7 Å². The number of hydrogen-bond donors (Lipinski definition) is 2. The number of anilines is 1. The number of nitrogens with two attached hydrogens (primary N) is 1. The summed E-state index contributed by atoms with van der Waals surface area (Å²) in [5.74, 6) is -0.0220.